The third kappa shape index (κ3) is 2.97. The molecule has 0 amide bonds. The molecule has 1 aliphatic rings. The number of hydrogen-bond acceptors (Lipinski definition) is 4. The van der Waals surface area contributed by atoms with Gasteiger partial charge in [-0.25, -0.2) is 0 Å². The number of Topliss-reactive ketones (excluding diaryl/α,β-unsaturated/α-hetero) is 1. The molecule has 0 bridgehead atoms. The van der Waals surface area contributed by atoms with E-state index in [4.69, 9.17) is 9.84 Å². The van der Waals surface area contributed by atoms with Crippen LogP contribution in [0, 0.1) is 0 Å². The Morgan fingerprint density at radius 2 is 2.06 bits per heavy atom. The first-order chi connectivity index (χ1) is 8.72. The zero-order valence-electron chi connectivity index (χ0n) is 9.54. The molecule has 4 nitrogen and oxygen atoms in total. The summed E-state index contributed by atoms with van der Waals surface area (Å²) in [5.41, 5.74) is 1.46. The minimum atomic E-state index is -0.441. The van der Waals surface area contributed by atoms with Gasteiger partial charge >= 0.3 is 0 Å². The van der Waals surface area contributed by atoms with Crippen LogP contribution in [0.1, 0.15) is 5.56 Å². The summed E-state index contributed by atoms with van der Waals surface area (Å²) in [6.45, 7) is 0.133. The first-order valence-corrected chi connectivity index (χ1v) is 6.69. The number of ether oxygens (including phenoxy) is 1. The summed E-state index contributed by atoms with van der Waals surface area (Å²) in [5.74, 6) is 0.0982. The second-order valence-electron chi connectivity index (χ2n) is 3.77. The van der Waals surface area contributed by atoms with Gasteiger partial charge in [0.1, 0.15) is 10.5 Å². The van der Waals surface area contributed by atoms with E-state index in [1.54, 1.807) is 0 Å². The number of halogens is 1. The third-order valence-electron chi connectivity index (χ3n) is 2.51. The molecule has 1 unspecified atom stereocenters. The number of nitrogens with zero attached hydrogens (tertiary/aromatic N) is 1. The molecular weight excluding hydrogens is 345 g/mol. The molecule has 0 aromatic heterocycles. The van der Waals surface area contributed by atoms with E-state index in [1.165, 1.54) is 6.20 Å². The van der Waals surface area contributed by atoms with Crippen LogP contribution in [0.5, 0.6) is 0 Å². The Bertz CT molecular complexity index is 496. The zero-order chi connectivity index (χ0) is 13.0. The number of alkyl halides is 1. The van der Waals surface area contributed by atoms with Crippen LogP contribution >= 0.6 is 22.6 Å². The number of carbonyl (C=O) groups excluding carboxylic acids is 1. The van der Waals surface area contributed by atoms with Crippen LogP contribution in [0.2, 0.25) is 0 Å². The molecule has 0 fully saturated rings. The van der Waals surface area contributed by atoms with Crippen molar-refractivity contribution in [3.8, 4) is 0 Å². The standard InChI is InChI=1S/C13H12INO3/c14-12-10(7-16)15-6-11(13(12)17)18-8-9-4-2-1-3-5-9/h1-6,12,16H,7-8H2. The molecule has 5 heteroatoms. The molecule has 0 radical (unpaired) electrons. The van der Waals surface area contributed by atoms with E-state index >= 15 is 0 Å². The lowest BCUT2D eigenvalue weighted by Crippen LogP contribution is -2.31. The highest BCUT2D eigenvalue weighted by Gasteiger charge is 2.28. The van der Waals surface area contributed by atoms with E-state index < -0.39 is 3.92 Å². The first kappa shape index (κ1) is 13.2. The number of aliphatic imine (C=N–C) groups is 1. The average molecular weight is 357 g/mol. The predicted molar refractivity (Wildman–Crippen MR) is 76.6 cm³/mol. The molecule has 1 aromatic rings. The topological polar surface area (TPSA) is 58.9 Å². The highest BCUT2D eigenvalue weighted by atomic mass is 127. The summed E-state index contributed by atoms with van der Waals surface area (Å²) in [6, 6.07) is 9.61. The highest BCUT2D eigenvalue weighted by Crippen LogP contribution is 2.18. The van der Waals surface area contributed by atoms with Crippen LogP contribution in [-0.2, 0) is 16.1 Å². The minimum Gasteiger partial charge on any atom is -0.483 e. The van der Waals surface area contributed by atoms with Gasteiger partial charge < -0.3 is 9.84 Å². The lowest BCUT2D eigenvalue weighted by atomic mass is 10.1. The summed E-state index contributed by atoms with van der Waals surface area (Å²) in [4.78, 5) is 15.9. The summed E-state index contributed by atoms with van der Waals surface area (Å²) in [7, 11) is 0. The van der Waals surface area contributed by atoms with Crippen LogP contribution in [-0.4, -0.2) is 27.1 Å². The monoisotopic (exact) mass is 357 g/mol. The van der Waals surface area contributed by atoms with E-state index in [-0.39, 0.29) is 18.1 Å². The molecule has 94 valence electrons. The summed E-state index contributed by atoms with van der Waals surface area (Å²) >= 11 is 1.95. The van der Waals surface area contributed by atoms with Gasteiger partial charge in [-0.3, -0.25) is 9.79 Å². The number of aliphatic hydroxyl groups excluding tert-OH is 1. The molecule has 1 N–H and O–H groups in total. The van der Waals surface area contributed by atoms with Gasteiger partial charge in [-0.05, 0) is 5.56 Å². The van der Waals surface area contributed by atoms with Crippen LogP contribution in [0.3, 0.4) is 0 Å². The summed E-state index contributed by atoms with van der Waals surface area (Å²) in [5, 5.41) is 9.02. The Kier molecular flexibility index (Phi) is 4.48. The van der Waals surface area contributed by atoms with Crippen molar-refractivity contribution < 1.29 is 14.6 Å². The quantitative estimate of drug-likeness (QED) is 0.661. The second-order valence-corrected chi connectivity index (χ2v) is 5.02. The fraction of sp³-hybridized carbons (Fsp3) is 0.231. The van der Waals surface area contributed by atoms with Crippen LogP contribution < -0.4 is 0 Å². The van der Waals surface area contributed by atoms with Crippen molar-refractivity contribution in [1.29, 1.82) is 0 Å². The molecule has 18 heavy (non-hydrogen) atoms. The van der Waals surface area contributed by atoms with Crippen molar-refractivity contribution in [1.82, 2.24) is 0 Å². The normalized spacial score (nSPS) is 19.2. The fourth-order valence-electron chi connectivity index (χ4n) is 1.51. The van der Waals surface area contributed by atoms with Crippen LogP contribution in [0.4, 0.5) is 0 Å². The van der Waals surface area contributed by atoms with Gasteiger partial charge in [0.2, 0.25) is 5.78 Å². The predicted octanol–water partition coefficient (Wildman–Crippen LogP) is 1.86. The van der Waals surface area contributed by atoms with Crippen LogP contribution in [0.25, 0.3) is 0 Å². The Labute approximate surface area is 119 Å². The number of hydrogen-bond donors (Lipinski definition) is 1. The smallest absolute Gasteiger partial charge is 0.217 e. The van der Waals surface area contributed by atoms with E-state index in [0.29, 0.717) is 12.3 Å². The lowest BCUT2D eigenvalue weighted by Gasteiger charge is -2.17. The minimum absolute atomic E-state index is 0.148. The number of benzene rings is 1. The number of carbonyl (C=O) groups is 1. The summed E-state index contributed by atoms with van der Waals surface area (Å²) in [6.07, 6.45) is 1.38. The number of aliphatic hydroxyl groups is 1. The van der Waals surface area contributed by atoms with Crippen molar-refractivity contribution in [2.75, 3.05) is 6.61 Å². The van der Waals surface area contributed by atoms with Gasteiger partial charge in [0.25, 0.3) is 0 Å². The second kappa shape index (κ2) is 6.10. The molecule has 0 aliphatic carbocycles. The van der Waals surface area contributed by atoms with Crippen LogP contribution in [0.15, 0.2) is 47.3 Å². The number of rotatable bonds is 4. The maximum atomic E-state index is 11.9. The van der Waals surface area contributed by atoms with Crippen molar-refractivity contribution in [2.45, 2.75) is 10.5 Å². The molecule has 1 aromatic carbocycles. The lowest BCUT2D eigenvalue weighted by molar-refractivity contribution is -0.117. The van der Waals surface area contributed by atoms with Gasteiger partial charge in [0.05, 0.1) is 18.5 Å². The largest absolute Gasteiger partial charge is 0.483 e. The average Bonchev–Trinajstić information content (AvgIpc) is 2.42. The Morgan fingerprint density at radius 3 is 2.72 bits per heavy atom. The maximum absolute atomic E-state index is 11.9. The molecule has 1 aliphatic heterocycles. The van der Waals surface area contributed by atoms with Gasteiger partial charge in [0.15, 0.2) is 5.76 Å². The van der Waals surface area contributed by atoms with Gasteiger partial charge in [-0.15, -0.1) is 0 Å². The van der Waals surface area contributed by atoms with Gasteiger partial charge in [-0.2, -0.15) is 0 Å². The van der Waals surface area contributed by atoms with E-state index in [0.717, 1.165) is 5.56 Å². The zero-order valence-corrected chi connectivity index (χ0v) is 11.7. The number of ketones is 1. The molecule has 0 saturated carbocycles. The van der Waals surface area contributed by atoms with Crippen molar-refractivity contribution >= 4 is 34.1 Å². The summed E-state index contributed by atoms with van der Waals surface area (Å²) < 4.78 is 5.02. The van der Waals surface area contributed by atoms with Gasteiger partial charge in [0, 0.05) is 0 Å². The molecule has 0 saturated heterocycles. The van der Waals surface area contributed by atoms with Gasteiger partial charge in [-0.1, -0.05) is 52.9 Å². The molecule has 2 rings (SSSR count). The van der Waals surface area contributed by atoms with E-state index in [9.17, 15) is 4.79 Å². The number of allylic oxidation sites excluding steroid dienone is 1. The molecule has 1 heterocycles. The van der Waals surface area contributed by atoms with Crippen molar-refractivity contribution in [2.24, 2.45) is 4.99 Å². The first-order valence-electron chi connectivity index (χ1n) is 5.45. The van der Waals surface area contributed by atoms with Crippen molar-refractivity contribution in [3.05, 3.63) is 47.9 Å². The molecule has 0 spiro atoms. The molecule has 1 atom stereocenters. The van der Waals surface area contributed by atoms with E-state index in [1.807, 2.05) is 52.9 Å². The maximum Gasteiger partial charge on any atom is 0.217 e. The van der Waals surface area contributed by atoms with E-state index in [2.05, 4.69) is 4.99 Å². The third-order valence-corrected chi connectivity index (χ3v) is 3.80. The Hall–Kier alpha value is -1.21. The Balaban J connectivity index is 2.04. The fourth-order valence-corrected chi connectivity index (χ4v) is 2.18. The molecular formula is C13H12INO3. The van der Waals surface area contributed by atoms with Crippen molar-refractivity contribution in [3.63, 3.8) is 0 Å². The SMILES string of the molecule is O=C1C(OCc2ccccc2)=CN=C(CO)C1I. The highest BCUT2D eigenvalue weighted by molar-refractivity contribution is 14.1. The Morgan fingerprint density at radius 1 is 1.33 bits per heavy atom.